The van der Waals surface area contributed by atoms with Crippen molar-refractivity contribution in [3.8, 4) is 91.2 Å². The molecule has 11 aromatic rings. The molecule has 0 atom stereocenters. The van der Waals surface area contributed by atoms with Crippen molar-refractivity contribution in [2.24, 2.45) is 0 Å². The van der Waals surface area contributed by atoms with E-state index in [-0.39, 0.29) is 0 Å². The monoisotopic (exact) mass is 820 g/mol. The zero-order chi connectivity index (χ0) is 43.0. The van der Waals surface area contributed by atoms with Gasteiger partial charge in [-0.1, -0.05) is 152 Å². The Morgan fingerprint density at radius 3 is 1.20 bits per heavy atom. The van der Waals surface area contributed by atoms with Gasteiger partial charge >= 0.3 is 0 Å². The summed E-state index contributed by atoms with van der Waals surface area (Å²) in [4.78, 5) is 29.7. The van der Waals surface area contributed by atoms with Crippen LogP contribution in [0.25, 0.3) is 107 Å². The molecule has 0 N–H and O–H groups in total. The van der Waals surface area contributed by atoms with E-state index < -0.39 is 0 Å². The van der Waals surface area contributed by atoms with Crippen LogP contribution in [0.15, 0.2) is 200 Å². The van der Waals surface area contributed by atoms with Gasteiger partial charge in [-0.25, -0.2) is 29.9 Å². The highest BCUT2D eigenvalue weighted by Gasteiger charge is 2.20. The summed E-state index contributed by atoms with van der Waals surface area (Å²) in [5, 5.41) is 12.8. The average molecular weight is 821 g/mol. The topological polar surface area (TPSA) is 106 Å². The summed E-state index contributed by atoms with van der Waals surface area (Å²) in [5.41, 5.74) is 11.7. The van der Waals surface area contributed by atoms with E-state index in [0.717, 1.165) is 72.0 Å². The summed E-state index contributed by atoms with van der Waals surface area (Å²) in [5.74, 6) is 3.31. The Morgan fingerprint density at radius 1 is 0.359 bits per heavy atom. The predicted octanol–water partition coefficient (Wildman–Crippen LogP) is 13.0. The van der Waals surface area contributed by atoms with Crippen LogP contribution < -0.4 is 0 Å². The zero-order valence-corrected chi connectivity index (χ0v) is 34.6. The van der Waals surface area contributed by atoms with Gasteiger partial charge in [-0.05, 0) is 72.1 Å². The summed E-state index contributed by atoms with van der Waals surface area (Å²) in [6, 6.07) is 69.5. The molecule has 300 valence electrons. The Bertz CT molecular complexity index is 3450. The second-order valence-electron chi connectivity index (χ2n) is 15.5. The van der Waals surface area contributed by atoms with Gasteiger partial charge in [0.15, 0.2) is 34.9 Å². The lowest BCUT2D eigenvalue weighted by molar-refractivity contribution is 1.07. The first-order chi connectivity index (χ1) is 31.6. The van der Waals surface area contributed by atoms with Crippen LogP contribution in [0.1, 0.15) is 11.1 Å². The smallest absolute Gasteiger partial charge is 0.165 e. The van der Waals surface area contributed by atoms with Crippen LogP contribution in [-0.4, -0.2) is 34.5 Å². The zero-order valence-electron chi connectivity index (χ0n) is 34.6. The molecule has 8 heteroatoms. The highest BCUT2D eigenvalue weighted by molar-refractivity contribution is 6.11. The lowest BCUT2D eigenvalue weighted by Gasteiger charge is -2.12. The number of fused-ring (bicyclic) bond motifs is 3. The van der Waals surface area contributed by atoms with Gasteiger partial charge in [0, 0.05) is 49.8 Å². The molecule has 8 nitrogen and oxygen atoms in total. The number of rotatable bonds is 8. The van der Waals surface area contributed by atoms with Crippen LogP contribution >= 0.6 is 0 Å². The Kier molecular flexibility index (Phi) is 9.60. The average Bonchev–Trinajstić information content (AvgIpc) is 3.69. The molecule has 0 aliphatic heterocycles. The van der Waals surface area contributed by atoms with Crippen LogP contribution in [0.5, 0.6) is 0 Å². The fourth-order valence-corrected chi connectivity index (χ4v) is 8.29. The fourth-order valence-electron chi connectivity index (χ4n) is 8.29. The molecule has 0 fully saturated rings. The molecule has 0 radical (unpaired) electrons. The molecule has 0 saturated carbocycles. The number of aryl methyl sites for hydroxylation is 1. The van der Waals surface area contributed by atoms with Crippen molar-refractivity contribution < 1.29 is 0 Å². The number of nitriles is 1. The Hall–Kier alpha value is -8.93. The molecule has 0 aliphatic rings. The fraction of sp³-hybridized carbons (Fsp3) is 0.0179. The molecule has 11 rings (SSSR count). The first-order valence-electron chi connectivity index (χ1n) is 21.0. The minimum Gasteiger partial charge on any atom is -0.309 e. The second kappa shape index (κ2) is 16.2. The van der Waals surface area contributed by atoms with Gasteiger partial charge < -0.3 is 4.57 Å². The van der Waals surface area contributed by atoms with Crippen molar-refractivity contribution >= 4 is 21.8 Å². The maximum absolute atomic E-state index is 10.7. The van der Waals surface area contributed by atoms with E-state index in [9.17, 15) is 5.26 Å². The molecular weight excluding hydrogens is 785 g/mol. The molecular formula is C56H36N8. The third-order valence-corrected chi connectivity index (χ3v) is 11.5. The number of nitrogens with zero attached hydrogens (tertiary/aromatic N) is 8. The van der Waals surface area contributed by atoms with Gasteiger partial charge in [0.2, 0.25) is 0 Å². The van der Waals surface area contributed by atoms with E-state index in [4.69, 9.17) is 29.9 Å². The van der Waals surface area contributed by atoms with Crippen molar-refractivity contribution in [1.82, 2.24) is 34.5 Å². The molecule has 0 aliphatic carbocycles. The minimum absolute atomic E-state index is 0.435. The van der Waals surface area contributed by atoms with E-state index >= 15 is 0 Å². The van der Waals surface area contributed by atoms with Crippen molar-refractivity contribution in [2.45, 2.75) is 6.92 Å². The number of benzene rings is 8. The van der Waals surface area contributed by atoms with Crippen molar-refractivity contribution in [3.63, 3.8) is 0 Å². The van der Waals surface area contributed by atoms with Crippen LogP contribution in [0.3, 0.4) is 0 Å². The van der Waals surface area contributed by atoms with Crippen molar-refractivity contribution in [1.29, 1.82) is 5.26 Å². The van der Waals surface area contributed by atoms with E-state index in [0.29, 0.717) is 46.1 Å². The van der Waals surface area contributed by atoms with Crippen LogP contribution in [-0.2, 0) is 0 Å². The molecule has 64 heavy (non-hydrogen) atoms. The number of hydrogen-bond donors (Lipinski definition) is 0. The molecule has 0 spiro atoms. The van der Waals surface area contributed by atoms with Crippen molar-refractivity contribution in [3.05, 3.63) is 211 Å². The summed E-state index contributed by atoms with van der Waals surface area (Å²) >= 11 is 0. The van der Waals surface area contributed by atoms with Gasteiger partial charge in [-0.3, -0.25) is 0 Å². The molecule has 3 aromatic heterocycles. The highest BCUT2D eigenvalue weighted by atomic mass is 15.0. The Labute approximate surface area is 369 Å². The molecule has 0 bridgehead atoms. The first kappa shape index (κ1) is 38.0. The molecule has 8 aromatic carbocycles. The van der Waals surface area contributed by atoms with Gasteiger partial charge in [0.05, 0.1) is 22.7 Å². The van der Waals surface area contributed by atoms with Gasteiger partial charge in [0.25, 0.3) is 0 Å². The van der Waals surface area contributed by atoms with E-state index in [1.807, 2.05) is 140 Å². The van der Waals surface area contributed by atoms with Crippen molar-refractivity contribution in [2.75, 3.05) is 0 Å². The van der Waals surface area contributed by atoms with Crippen LogP contribution in [0.4, 0.5) is 0 Å². The SMILES string of the molecule is Cc1ccccc1-n1c2ccc(-c3ccc(-c4nc(-c5ccccc5)nc(-c5ccccc5)n4)c(C#N)c3)cc2c2cc(-c3nc(-c4ccccc4)nc(-c4ccccc4)n3)ccc21. The number of hydrogen-bond acceptors (Lipinski definition) is 7. The Balaban J connectivity index is 1.07. The second-order valence-corrected chi connectivity index (χ2v) is 15.5. The lowest BCUT2D eigenvalue weighted by Crippen LogP contribution is -2.01. The maximum atomic E-state index is 10.7. The third kappa shape index (κ3) is 7.03. The van der Waals surface area contributed by atoms with E-state index in [1.165, 1.54) is 0 Å². The Morgan fingerprint density at radius 2 is 0.734 bits per heavy atom. The van der Waals surface area contributed by atoms with Crippen LogP contribution in [0.2, 0.25) is 0 Å². The van der Waals surface area contributed by atoms with Crippen LogP contribution in [0, 0.1) is 18.3 Å². The summed E-state index contributed by atoms with van der Waals surface area (Å²) < 4.78 is 2.32. The molecule has 3 heterocycles. The maximum Gasteiger partial charge on any atom is 0.165 e. The predicted molar refractivity (Wildman–Crippen MR) is 255 cm³/mol. The molecule has 0 unspecified atom stereocenters. The molecule has 0 amide bonds. The van der Waals surface area contributed by atoms with E-state index in [1.54, 1.807) is 0 Å². The van der Waals surface area contributed by atoms with Gasteiger partial charge in [0.1, 0.15) is 0 Å². The standard InChI is InChI=1S/C56H36N8/c1-36-16-14-15-25-48(36)64-49-30-27-42(41-26-29-45(44(32-41)35-57)56-62-53(39-21-10-4-11-22-39)59-54(63-56)40-23-12-5-13-24-40)33-46(49)47-34-43(28-31-50(47)64)55-60-51(37-17-6-2-7-18-37)58-52(61-55)38-19-8-3-9-20-38/h2-34H,1H3. The van der Waals surface area contributed by atoms with E-state index in [2.05, 4.69) is 78.2 Å². The van der Waals surface area contributed by atoms with Gasteiger partial charge in [-0.15, -0.1) is 0 Å². The summed E-state index contributed by atoms with van der Waals surface area (Å²) in [6.45, 7) is 2.14. The quantitative estimate of drug-likeness (QED) is 0.150. The third-order valence-electron chi connectivity index (χ3n) is 11.5. The summed E-state index contributed by atoms with van der Waals surface area (Å²) in [6.07, 6.45) is 0. The number of aromatic nitrogens is 7. The molecule has 0 saturated heterocycles. The summed E-state index contributed by atoms with van der Waals surface area (Å²) in [7, 11) is 0. The lowest BCUT2D eigenvalue weighted by atomic mass is 9.97. The first-order valence-corrected chi connectivity index (χ1v) is 21.0. The number of para-hydroxylation sites is 1. The highest BCUT2D eigenvalue weighted by Crippen LogP contribution is 2.39. The normalized spacial score (nSPS) is 11.2. The van der Waals surface area contributed by atoms with Gasteiger partial charge in [-0.2, -0.15) is 5.26 Å². The largest absolute Gasteiger partial charge is 0.309 e. The minimum atomic E-state index is 0.435.